The van der Waals surface area contributed by atoms with Crippen LogP contribution in [-0.2, 0) is 16.0 Å². The molecule has 1 aliphatic rings. The van der Waals surface area contributed by atoms with Crippen molar-refractivity contribution >= 4 is 28.4 Å². The van der Waals surface area contributed by atoms with Crippen molar-refractivity contribution in [1.82, 2.24) is 10.3 Å². The lowest BCUT2D eigenvalue weighted by atomic mass is 10.1. The second-order valence-electron chi connectivity index (χ2n) is 5.42. The number of amides is 1. The van der Waals surface area contributed by atoms with E-state index in [0.29, 0.717) is 11.6 Å². The summed E-state index contributed by atoms with van der Waals surface area (Å²) in [5.74, 6) is 2.49. The van der Waals surface area contributed by atoms with Gasteiger partial charge in [-0.05, 0) is 30.5 Å². The number of terminal acetylenes is 1. The fourth-order valence-corrected chi connectivity index (χ4v) is 3.15. The predicted molar refractivity (Wildman–Crippen MR) is 86.8 cm³/mol. The maximum Gasteiger partial charge on any atom is 0.225 e. The largest absolute Gasteiger partial charge is 0.375 e. The highest BCUT2D eigenvalue weighted by Crippen LogP contribution is 2.26. The van der Waals surface area contributed by atoms with E-state index >= 15 is 0 Å². The zero-order valence-electron chi connectivity index (χ0n) is 12.1. The molecule has 2 heterocycles. The first-order valence-corrected chi connectivity index (χ1v) is 7.68. The van der Waals surface area contributed by atoms with Crippen molar-refractivity contribution in [3.8, 4) is 12.3 Å². The number of carbonyl (C=O) groups is 1. The van der Waals surface area contributed by atoms with E-state index in [-0.39, 0.29) is 24.5 Å². The van der Waals surface area contributed by atoms with Gasteiger partial charge in [0.1, 0.15) is 6.04 Å². The molecular formula is C17H17ClN2O2. The third kappa shape index (κ3) is 2.96. The van der Waals surface area contributed by atoms with E-state index in [9.17, 15) is 4.79 Å². The summed E-state index contributed by atoms with van der Waals surface area (Å²) in [6.07, 6.45) is 9.34. The highest BCUT2D eigenvalue weighted by atomic mass is 35.5. The molecule has 0 radical (unpaired) electrons. The van der Waals surface area contributed by atoms with Crippen molar-refractivity contribution in [2.45, 2.75) is 31.4 Å². The number of hydrogen-bond donors (Lipinski definition) is 2. The van der Waals surface area contributed by atoms with Crippen molar-refractivity contribution in [2.24, 2.45) is 0 Å². The second-order valence-corrected chi connectivity index (χ2v) is 5.82. The van der Waals surface area contributed by atoms with Crippen LogP contribution < -0.4 is 5.32 Å². The minimum atomic E-state index is -0.379. The Morgan fingerprint density at radius 1 is 1.59 bits per heavy atom. The molecule has 0 aliphatic carbocycles. The number of H-pyrrole nitrogens is 1. The molecule has 1 aromatic carbocycles. The van der Waals surface area contributed by atoms with Gasteiger partial charge in [0.15, 0.2) is 0 Å². The van der Waals surface area contributed by atoms with Gasteiger partial charge in [-0.1, -0.05) is 23.6 Å². The molecule has 3 rings (SSSR count). The minimum absolute atomic E-state index is 0.0829. The summed E-state index contributed by atoms with van der Waals surface area (Å²) < 4.78 is 5.55. The summed E-state index contributed by atoms with van der Waals surface area (Å²) in [4.78, 5) is 15.4. The number of carbonyl (C=O) groups excluding carboxylic acids is 1. The van der Waals surface area contributed by atoms with Gasteiger partial charge in [0.2, 0.25) is 5.91 Å². The van der Waals surface area contributed by atoms with Crippen LogP contribution in [-0.4, -0.2) is 29.6 Å². The molecule has 1 amide bonds. The predicted octanol–water partition coefficient (Wildman–Crippen LogP) is 2.66. The molecule has 0 spiro atoms. The Bertz CT molecular complexity index is 726. The monoisotopic (exact) mass is 316 g/mol. The number of halogens is 1. The number of aromatic amines is 1. The summed E-state index contributed by atoms with van der Waals surface area (Å²) >= 11 is 6.22. The highest BCUT2D eigenvalue weighted by Gasteiger charge is 2.26. The number of benzene rings is 1. The van der Waals surface area contributed by atoms with Crippen LogP contribution in [0, 0.1) is 12.3 Å². The Hall–Kier alpha value is -1.96. The van der Waals surface area contributed by atoms with Gasteiger partial charge in [-0.2, -0.15) is 0 Å². The highest BCUT2D eigenvalue weighted by molar-refractivity contribution is 6.35. The maximum atomic E-state index is 12.3. The van der Waals surface area contributed by atoms with Crippen LogP contribution >= 0.6 is 11.6 Å². The zero-order chi connectivity index (χ0) is 15.5. The molecule has 0 bridgehead atoms. The molecule has 2 aromatic rings. The molecule has 1 fully saturated rings. The van der Waals surface area contributed by atoms with E-state index in [1.807, 2.05) is 24.4 Å². The SMILES string of the molecule is C#CC(NC(=O)Cc1c[nH]c2cccc(Cl)c12)C1CCCO1. The fraction of sp³-hybridized carbons (Fsp3) is 0.353. The topological polar surface area (TPSA) is 54.1 Å². The minimum Gasteiger partial charge on any atom is -0.375 e. The molecule has 1 aliphatic heterocycles. The van der Waals surface area contributed by atoms with Gasteiger partial charge in [0.05, 0.1) is 17.5 Å². The molecule has 2 N–H and O–H groups in total. The summed E-state index contributed by atoms with van der Waals surface area (Å²) in [5.41, 5.74) is 1.78. The molecule has 22 heavy (non-hydrogen) atoms. The third-order valence-electron chi connectivity index (χ3n) is 3.92. The normalized spacial score (nSPS) is 19.0. The van der Waals surface area contributed by atoms with Crippen LogP contribution in [0.1, 0.15) is 18.4 Å². The molecule has 1 aromatic heterocycles. The van der Waals surface area contributed by atoms with E-state index in [1.54, 1.807) is 0 Å². The summed E-state index contributed by atoms with van der Waals surface area (Å²) in [6.45, 7) is 0.705. The molecule has 5 heteroatoms. The number of fused-ring (bicyclic) bond motifs is 1. The van der Waals surface area contributed by atoms with Gasteiger partial charge in [0.25, 0.3) is 0 Å². The lowest BCUT2D eigenvalue weighted by Crippen LogP contribution is -2.42. The Kier molecular flexibility index (Phi) is 4.37. The molecule has 2 unspecified atom stereocenters. The van der Waals surface area contributed by atoms with Crippen molar-refractivity contribution in [1.29, 1.82) is 0 Å². The van der Waals surface area contributed by atoms with Gasteiger partial charge < -0.3 is 15.0 Å². The number of ether oxygens (including phenoxy) is 1. The van der Waals surface area contributed by atoms with Crippen LogP contribution in [0.4, 0.5) is 0 Å². The van der Waals surface area contributed by atoms with Crippen LogP contribution in [0.5, 0.6) is 0 Å². The third-order valence-corrected chi connectivity index (χ3v) is 4.24. The fourth-order valence-electron chi connectivity index (χ4n) is 2.85. The Balaban J connectivity index is 1.72. The van der Waals surface area contributed by atoms with E-state index in [4.69, 9.17) is 22.8 Å². The first kappa shape index (κ1) is 15.0. The Morgan fingerprint density at radius 3 is 3.18 bits per heavy atom. The van der Waals surface area contributed by atoms with Crippen LogP contribution in [0.3, 0.4) is 0 Å². The van der Waals surface area contributed by atoms with E-state index in [1.165, 1.54) is 0 Å². The van der Waals surface area contributed by atoms with Gasteiger partial charge >= 0.3 is 0 Å². The zero-order valence-corrected chi connectivity index (χ0v) is 12.8. The molecular weight excluding hydrogens is 300 g/mol. The van der Waals surface area contributed by atoms with E-state index in [2.05, 4.69) is 16.2 Å². The average molecular weight is 317 g/mol. The molecule has 2 atom stereocenters. The molecule has 114 valence electrons. The first-order valence-electron chi connectivity index (χ1n) is 7.30. The Labute approximate surface area is 134 Å². The lowest BCUT2D eigenvalue weighted by molar-refractivity contribution is -0.121. The van der Waals surface area contributed by atoms with Gasteiger partial charge in [-0.15, -0.1) is 6.42 Å². The number of nitrogens with one attached hydrogen (secondary N) is 2. The van der Waals surface area contributed by atoms with Gasteiger partial charge in [-0.3, -0.25) is 4.79 Å². The number of rotatable bonds is 4. The molecule has 4 nitrogen and oxygen atoms in total. The standard InChI is InChI=1S/C17H17ClN2O2/c1-2-13(15-7-4-8-22-15)20-16(21)9-11-10-19-14-6-3-5-12(18)17(11)14/h1,3,5-6,10,13,15,19H,4,7-9H2,(H,20,21). The van der Waals surface area contributed by atoms with Crippen molar-refractivity contribution in [2.75, 3.05) is 6.61 Å². The summed E-state index contributed by atoms with van der Waals surface area (Å²) in [7, 11) is 0. The van der Waals surface area contributed by atoms with Crippen LogP contribution in [0.15, 0.2) is 24.4 Å². The van der Waals surface area contributed by atoms with Gasteiger partial charge in [0, 0.05) is 23.7 Å². The number of hydrogen-bond acceptors (Lipinski definition) is 2. The number of aromatic nitrogens is 1. The van der Waals surface area contributed by atoms with Crippen molar-refractivity contribution < 1.29 is 9.53 Å². The van der Waals surface area contributed by atoms with Crippen LogP contribution in [0.2, 0.25) is 5.02 Å². The Morgan fingerprint density at radius 2 is 2.45 bits per heavy atom. The van der Waals surface area contributed by atoms with Crippen molar-refractivity contribution in [3.05, 3.63) is 35.0 Å². The summed E-state index contributed by atoms with van der Waals surface area (Å²) in [5, 5.41) is 4.39. The quantitative estimate of drug-likeness (QED) is 0.852. The summed E-state index contributed by atoms with van der Waals surface area (Å²) in [6, 6.07) is 5.24. The van der Waals surface area contributed by atoms with E-state index in [0.717, 1.165) is 29.3 Å². The van der Waals surface area contributed by atoms with Crippen LogP contribution in [0.25, 0.3) is 10.9 Å². The smallest absolute Gasteiger partial charge is 0.225 e. The average Bonchev–Trinajstić information content (AvgIpc) is 3.15. The first-order chi connectivity index (χ1) is 10.7. The van der Waals surface area contributed by atoms with E-state index < -0.39 is 0 Å². The molecule has 0 saturated carbocycles. The second kappa shape index (κ2) is 6.43. The maximum absolute atomic E-state index is 12.3. The molecule has 1 saturated heterocycles. The van der Waals surface area contributed by atoms with Crippen molar-refractivity contribution in [3.63, 3.8) is 0 Å². The van der Waals surface area contributed by atoms with Gasteiger partial charge in [-0.25, -0.2) is 0 Å². The lowest BCUT2D eigenvalue weighted by Gasteiger charge is -2.19.